The van der Waals surface area contributed by atoms with Crippen LogP contribution in [0.25, 0.3) is 0 Å². The molecular weight excluding hydrogens is 109 g/mol. The molecule has 0 spiro atoms. The molecule has 1 saturated carbocycles. The van der Waals surface area contributed by atoms with Gasteiger partial charge in [0.2, 0.25) is 0 Å². The Morgan fingerprint density at radius 3 is 2.44 bits per heavy atom. The second-order valence-corrected chi connectivity index (χ2v) is 3.06. The van der Waals surface area contributed by atoms with Crippen LogP contribution in [0.5, 0.6) is 0 Å². The molecule has 1 aliphatic rings. The van der Waals surface area contributed by atoms with Gasteiger partial charge in [-0.15, -0.1) is 0 Å². The van der Waals surface area contributed by atoms with Crippen LogP contribution in [0, 0.1) is 5.92 Å². The minimum atomic E-state index is 0.990. The third-order valence-electron chi connectivity index (χ3n) is 2.22. The molecule has 9 heavy (non-hydrogen) atoms. The van der Waals surface area contributed by atoms with Crippen molar-refractivity contribution < 1.29 is 0 Å². The van der Waals surface area contributed by atoms with Crippen molar-refractivity contribution in [2.24, 2.45) is 5.92 Å². The van der Waals surface area contributed by atoms with Crippen molar-refractivity contribution >= 4 is 7.98 Å². The first kappa shape index (κ1) is 7.14. The molecule has 0 amide bonds. The number of hydrogen-bond donors (Lipinski definition) is 1. The monoisotopic (exact) mass is 125 g/mol. The predicted molar refractivity (Wildman–Crippen MR) is 43.1 cm³/mol. The highest BCUT2D eigenvalue weighted by Crippen LogP contribution is 2.22. The largest absolute Gasteiger partial charge is 0.362 e. The van der Waals surface area contributed by atoms with Gasteiger partial charge in [-0.25, -0.2) is 0 Å². The summed E-state index contributed by atoms with van der Waals surface area (Å²) in [5.41, 5.74) is 0. The number of rotatable bonds is 2. The normalized spacial score (nSPS) is 22.2. The van der Waals surface area contributed by atoms with Crippen LogP contribution in [-0.2, 0) is 0 Å². The second kappa shape index (κ2) is 3.94. The minimum Gasteiger partial charge on any atom is -0.362 e. The van der Waals surface area contributed by atoms with Gasteiger partial charge in [0.15, 0.2) is 7.98 Å². The molecule has 1 rings (SSSR count). The van der Waals surface area contributed by atoms with Crippen molar-refractivity contribution in [3.05, 3.63) is 0 Å². The van der Waals surface area contributed by atoms with E-state index in [0.29, 0.717) is 0 Å². The summed E-state index contributed by atoms with van der Waals surface area (Å²) in [6.07, 6.45) is 7.32. The van der Waals surface area contributed by atoms with Crippen LogP contribution in [-0.4, -0.2) is 14.5 Å². The molecule has 0 atom stereocenters. The van der Waals surface area contributed by atoms with E-state index in [1.54, 1.807) is 0 Å². The molecule has 0 radical (unpaired) electrons. The standard InChI is InChI=1S/C7H16BN/c8-9-6-7-4-2-1-3-5-7/h7,9H,1-6,8H2. The van der Waals surface area contributed by atoms with Gasteiger partial charge in [0, 0.05) is 0 Å². The zero-order chi connectivity index (χ0) is 6.53. The summed E-state index contributed by atoms with van der Waals surface area (Å²) >= 11 is 0. The zero-order valence-electron chi connectivity index (χ0n) is 6.32. The summed E-state index contributed by atoms with van der Waals surface area (Å²) in [5.74, 6) is 0.990. The van der Waals surface area contributed by atoms with E-state index in [1.807, 2.05) is 0 Å². The first-order chi connectivity index (χ1) is 4.43. The van der Waals surface area contributed by atoms with E-state index in [0.717, 1.165) is 5.92 Å². The Hall–Kier alpha value is 0.0249. The van der Waals surface area contributed by atoms with Gasteiger partial charge in [0.25, 0.3) is 0 Å². The van der Waals surface area contributed by atoms with Crippen LogP contribution in [0.4, 0.5) is 0 Å². The summed E-state index contributed by atoms with van der Waals surface area (Å²) in [4.78, 5) is 0. The van der Waals surface area contributed by atoms with Crippen LogP contribution in [0.15, 0.2) is 0 Å². The fourth-order valence-corrected chi connectivity index (χ4v) is 1.68. The average molecular weight is 125 g/mol. The predicted octanol–water partition coefficient (Wildman–Crippen LogP) is 0.704. The van der Waals surface area contributed by atoms with Crippen LogP contribution < -0.4 is 5.23 Å². The summed E-state index contributed by atoms with van der Waals surface area (Å²) < 4.78 is 0. The lowest BCUT2D eigenvalue weighted by Crippen LogP contribution is -2.21. The molecule has 0 aliphatic heterocycles. The van der Waals surface area contributed by atoms with Gasteiger partial charge < -0.3 is 5.23 Å². The molecule has 1 aliphatic carbocycles. The maximum Gasteiger partial charge on any atom is 0.181 e. The van der Waals surface area contributed by atoms with Crippen molar-refractivity contribution in [2.45, 2.75) is 32.1 Å². The Bertz CT molecular complexity index is 66.6. The van der Waals surface area contributed by atoms with E-state index in [1.165, 1.54) is 38.6 Å². The van der Waals surface area contributed by atoms with Crippen molar-refractivity contribution in [3.8, 4) is 0 Å². The molecule has 0 saturated heterocycles. The lowest BCUT2D eigenvalue weighted by atomic mass is 9.89. The van der Waals surface area contributed by atoms with Gasteiger partial charge in [-0.05, 0) is 25.3 Å². The van der Waals surface area contributed by atoms with Gasteiger partial charge in [-0.2, -0.15) is 0 Å². The Balaban J connectivity index is 2.08. The first-order valence-electron chi connectivity index (χ1n) is 4.08. The van der Waals surface area contributed by atoms with Crippen molar-refractivity contribution in [1.29, 1.82) is 0 Å². The van der Waals surface area contributed by atoms with E-state index < -0.39 is 0 Å². The molecule has 2 heteroatoms. The molecule has 0 aromatic rings. The molecule has 1 nitrogen and oxygen atoms in total. The molecule has 0 aromatic carbocycles. The molecule has 1 fully saturated rings. The van der Waals surface area contributed by atoms with Gasteiger partial charge in [0.1, 0.15) is 0 Å². The maximum atomic E-state index is 3.24. The van der Waals surface area contributed by atoms with E-state index in [2.05, 4.69) is 13.2 Å². The van der Waals surface area contributed by atoms with E-state index in [4.69, 9.17) is 0 Å². The van der Waals surface area contributed by atoms with E-state index in [9.17, 15) is 0 Å². The molecule has 52 valence electrons. The van der Waals surface area contributed by atoms with Crippen molar-refractivity contribution in [1.82, 2.24) is 5.23 Å². The molecule has 1 N–H and O–H groups in total. The fourth-order valence-electron chi connectivity index (χ4n) is 1.68. The van der Waals surface area contributed by atoms with Crippen LogP contribution in [0.3, 0.4) is 0 Å². The van der Waals surface area contributed by atoms with Crippen LogP contribution >= 0.6 is 0 Å². The lowest BCUT2D eigenvalue weighted by Gasteiger charge is -2.20. The summed E-state index contributed by atoms with van der Waals surface area (Å²) in [7, 11) is 2.05. The van der Waals surface area contributed by atoms with Gasteiger partial charge in [0.05, 0.1) is 0 Å². The summed E-state index contributed by atoms with van der Waals surface area (Å²) in [6.45, 7) is 1.24. The molecule has 0 bridgehead atoms. The third kappa shape index (κ3) is 2.40. The minimum absolute atomic E-state index is 0.990. The molecule has 0 aromatic heterocycles. The van der Waals surface area contributed by atoms with Crippen molar-refractivity contribution in [2.75, 3.05) is 6.54 Å². The Labute approximate surface area is 58.6 Å². The molecular formula is C7H16BN. The van der Waals surface area contributed by atoms with Gasteiger partial charge in [-0.1, -0.05) is 19.3 Å². The lowest BCUT2D eigenvalue weighted by molar-refractivity contribution is 0.359. The zero-order valence-corrected chi connectivity index (χ0v) is 6.32. The topological polar surface area (TPSA) is 12.0 Å². The third-order valence-corrected chi connectivity index (χ3v) is 2.22. The van der Waals surface area contributed by atoms with Crippen LogP contribution in [0.2, 0.25) is 0 Å². The van der Waals surface area contributed by atoms with Gasteiger partial charge >= 0.3 is 0 Å². The maximum absolute atomic E-state index is 3.24. The Morgan fingerprint density at radius 2 is 1.89 bits per heavy atom. The number of hydrogen-bond acceptors (Lipinski definition) is 1. The molecule has 0 unspecified atom stereocenters. The van der Waals surface area contributed by atoms with E-state index >= 15 is 0 Å². The Morgan fingerprint density at radius 1 is 1.22 bits per heavy atom. The van der Waals surface area contributed by atoms with Crippen molar-refractivity contribution in [3.63, 3.8) is 0 Å². The summed E-state index contributed by atoms with van der Waals surface area (Å²) in [5, 5.41) is 3.24. The highest BCUT2D eigenvalue weighted by Gasteiger charge is 2.10. The smallest absolute Gasteiger partial charge is 0.181 e. The van der Waals surface area contributed by atoms with Gasteiger partial charge in [-0.3, -0.25) is 0 Å². The van der Waals surface area contributed by atoms with Crippen LogP contribution in [0.1, 0.15) is 32.1 Å². The number of nitrogens with one attached hydrogen (secondary N) is 1. The Kier molecular flexibility index (Phi) is 3.12. The van der Waals surface area contributed by atoms with E-state index in [-0.39, 0.29) is 0 Å². The highest BCUT2D eigenvalue weighted by atomic mass is 14.7. The first-order valence-corrected chi connectivity index (χ1v) is 4.08. The SMILES string of the molecule is BNCC1CCCCC1. The quantitative estimate of drug-likeness (QED) is 0.535. The highest BCUT2D eigenvalue weighted by molar-refractivity contribution is 6.04. The average Bonchev–Trinajstić information content (AvgIpc) is 1.91. The second-order valence-electron chi connectivity index (χ2n) is 3.06. The molecule has 0 heterocycles. The summed E-state index contributed by atoms with van der Waals surface area (Å²) in [6, 6.07) is 0. The fraction of sp³-hybridized carbons (Fsp3) is 1.00.